The fraction of sp³-hybridized carbons (Fsp3) is 0.929. The Morgan fingerprint density at radius 3 is 2.18 bits per heavy atom. The van der Waals surface area contributed by atoms with Gasteiger partial charge < -0.3 is 14.7 Å². The van der Waals surface area contributed by atoms with Crippen LogP contribution in [-0.4, -0.2) is 78.0 Å². The van der Waals surface area contributed by atoms with E-state index in [0.717, 1.165) is 0 Å². The van der Waals surface area contributed by atoms with Crippen molar-refractivity contribution in [2.75, 3.05) is 39.3 Å². The third-order valence-corrected chi connectivity index (χ3v) is 3.25. The van der Waals surface area contributed by atoms with E-state index in [1.807, 2.05) is 25.7 Å². The zero-order chi connectivity index (χ0) is 17.0. The Balaban J connectivity index is 2.29. The maximum atomic E-state index is 12.2. The van der Waals surface area contributed by atoms with Crippen molar-refractivity contribution in [1.82, 2.24) is 9.80 Å². The van der Waals surface area contributed by atoms with Crippen molar-refractivity contribution in [3.05, 3.63) is 0 Å². The fourth-order valence-electron chi connectivity index (χ4n) is 2.16. The van der Waals surface area contributed by atoms with Crippen LogP contribution in [0.1, 0.15) is 27.2 Å². The normalized spacial score (nSPS) is 19.3. The number of nitrogens with zero attached hydrogens (tertiary/aromatic N) is 2. The lowest BCUT2D eigenvalue weighted by Crippen LogP contribution is -2.51. The lowest BCUT2D eigenvalue weighted by Gasteiger charge is -2.36. The van der Waals surface area contributed by atoms with Gasteiger partial charge >= 0.3 is 6.18 Å². The summed E-state index contributed by atoms with van der Waals surface area (Å²) in [5.41, 5.74) is -0.330. The van der Waals surface area contributed by atoms with Crippen LogP contribution < -0.4 is 0 Å². The number of halogens is 3. The second-order valence-corrected chi connectivity index (χ2v) is 6.55. The molecule has 1 N–H and O–H groups in total. The number of alkyl halides is 3. The second-order valence-electron chi connectivity index (χ2n) is 6.55. The van der Waals surface area contributed by atoms with Crippen molar-refractivity contribution >= 4 is 5.91 Å². The lowest BCUT2D eigenvalue weighted by atomic mass is 10.2. The first-order chi connectivity index (χ1) is 9.96. The third kappa shape index (κ3) is 7.95. The van der Waals surface area contributed by atoms with E-state index in [9.17, 15) is 23.1 Å². The monoisotopic (exact) mass is 326 g/mol. The standard InChI is InChI=1S/C14H25F3N2O3/c1-13(2,3)22-10-11(20)9-18-4-6-19(7-5-18)12(21)8-14(15,16)17/h11,20H,4-10H2,1-3H3. The van der Waals surface area contributed by atoms with Crippen LogP contribution in [0.25, 0.3) is 0 Å². The van der Waals surface area contributed by atoms with Crippen LogP contribution in [0.3, 0.4) is 0 Å². The molecular weight excluding hydrogens is 301 g/mol. The number of hydrogen-bond donors (Lipinski definition) is 1. The summed E-state index contributed by atoms with van der Waals surface area (Å²) in [5.74, 6) is -0.885. The third-order valence-electron chi connectivity index (χ3n) is 3.25. The first-order valence-corrected chi connectivity index (χ1v) is 7.35. The predicted octanol–water partition coefficient (Wildman–Crippen LogP) is 1.26. The summed E-state index contributed by atoms with van der Waals surface area (Å²) < 4.78 is 42.0. The maximum absolute atomic E-state index is 12.2. The Morgan fingerprint density at radius 1 is 1.18 bits per heavy atom. The molecule has 1 amide bonds. The highest BCUT2D eigenvalue weighted by molar-refractivity contribution is 5.76. The molecule has 0 spiro atoms. The van der Waals surface area contributed by atoms with Gasteiger partial charge in [-0.1, -0.05) is 0 Å². The molecule has 8 heteroatoms. The van der Waals surface area contributed by atoms with E-state index in [-0.39, 0.29) is 25.3 Å². The van der Waals surface area contributed by atoms with Crippen molar-refractivity contribution < 1.29 is 27.8 Å². The number of rotatable bonds is 5. The zero-order valence-electron chi connectivity index (χ0n) is 13.3. The van der Waals surface area contributed by atoms with Crippen LogP contribution in [0.15, 0.2) is 0 Å². The molecular formula is C14H25F3N2O3. The number of carbonyl (C=O) groups is 1. The molecule has 0 radical (unpaired) electrons. The molecule has 1 rings (SSSR count). The van der Waals surface area contributed by atoms with Crippen LogP contribution >= 0.6 is 0 Å². The topological polar surface area (TPSA) is 53.0 Å². The van der Waals surface area contributed by atoms with Gasteiger partial charge in [0.2, 0.25) is 5.91 Å². The quantitative estimate of drug-likeness (QED) is 0.826. The summed E-state index contributed by atoms with van der Waals surface area (Å²) in [7, 11) is 0. The number of aliphatic hydroxyl groups excluding tert-OH is 1. The largest absolute Gasteiger partial charge is 0.397 e. The molecule has 1 aliphatic rings. The predicted molar refractivity (Wildman–Crippen MR) is 75.4 cm³/mol. The number of piperazine rings is 1. The molecule has 1 saturated heterocycles. The van der Waals surface area contributed by atoms with Gasteiger partial charge in [-0.15, -0.1) is 0 Å². The minimum Gasteiger partial charge on any atom is -0.389 e. The molecule has 0 aliphatic carbocycles. The molecule has 1 aliphatic heterocycles. The van der Waals surface area contributed by atoms with Crippen molar-refractivity contribution in [2.45, 2.75) is 45.1 Å². The summed E-state index contributed by atoms with van der Waals surface area (Å²) in [6, 6.07) is 0. The molecule has 1 fully saturated rings. The van der Waals surface area contributed by atoms with Crippen LogP contribution in [0, 0.1) is 0 Å². The number of amides is 1. The van der Waals surface area contributed by atoms with E-state index in [1.165, 1.54) is 4.90 Å². The molecule has 22 heavy (non-hydrogen) atoms. The molecule has 0 aromatic heterocycles. The van der Waals surface area contributed by atoms with E-state index in [2.05, 4.69) is 0 Å². The van der Waals surface area contributed by atoms with E-state index in [1.54, 1.807) is 0 Å². The minimum atomic E-state index is -4.46. The number of carbonyl (C=O) groups excluding carboxylic acids is 1. The number of ether oxygens (including phenoxy) is 1. The highest BCUT2D eigenvalue weighted by Crippen LogP contribution is 2.21. The zero-order valence-corrected chi connectivity index (χ0v) is 13.3. The highest BCUT2D eigenvalue weighted by atomic mass is 19.4. The Kier molecular flexibility index (Phi) is 6.64. The number of hydrogen-bond acceptors (Lipinski definition) is 4. The van der Waals surface area contributed by atoms with Crippen LogP contribution in [0.2, 0.25) is 0 Å². The summed E-state index contributed by atoms with van der Waals surface area (Å²) in [6.45, 7) is 7.68. The van der Waals surface area contributed by atoms with E-state index in [4.69, 9.17) is 4.74 Å². The summed E-state index contributed by atoms with van der Waals surface area (Å²) >= 11 is 0. The van der Waals surface area contributed by atoms with Gasteiger partial charge in [0.25, 0.3) is 0 Å². The molecule has 0 aromatic rings. The molecule has 1 heterocycles. The van der Waals surface area contributed by atoms with Crippen molar-refractivity contribution in [1.29, 1.82) is 0 Å². The average Bonchev–Trinajstić information content (AvgIpc) is 2.34. The van der Waals surface area contributed by atoms with Crippen LogP contribution in [0.4, 0.5) is 13.2 Å². The van der Waals surface area contributed by atoms with Gasteiger partial charge in [-0.3, -0.25) is 9.69 Å². The Hall–Kier alpha value is -0.860. The van der Waals surface area contributed by atoms with Crippen molar-refractivity contribution in [3.8, 4) is 0 Å². The SMILES string of the molecule is CC(C)(C)OCC(O)CN1CCN(C(=O)CC(F)(F)F)CC1. The molecule has 130 valence electrons. The van der Waals surface area contributed by atoms with Crippen LogP contribution in [0.5, 0.6) is 0 Å². The van der Waals surface area contributed by atoms with Crippen LogP contribution in [-0.2, 0) is 9.53 Å². The Bertz CT molecular complexity index is 361. The summed E-state index contributed by atoms with van der Waals surface area (Å²) in [6.07, 6.45) is -6.53. The molecule has 0 bridgehead atoms. The smallest absolute Gasteiger partial charge is 0.389 e. The van der Waals surface area contributed by atoms with Gasteiger partial charge in [-0.2, -0.15) is 13.2 Å². The number of aliphatic hydroxyl groups is 1. The maximum Gasteiger partial charge on any atom is 0.397 e. The van der Waals surface area contributed by atoms with E-state index in [0.29, 0.717) is 19.6 Å². The lowest BCUT2D eigenvalue weighted by molar-refractivity contribution is -0.162. The van der Waals surface area contributed by atoms with Gasteiger partial charge in [0.1, 0.15) is 6.42 Å². The molecule has 5 nitrogen and oxygen atoms in total. The molecule has 1 atom stereocenters. The number of β-amino-alcohol motifs (C(OH)–C–C–N with tert-alkyl or cyclic N) is 1. The van der Waals surface area contributed by atoms with Gasteiger partial charge in [0.15, 0.2) is 0 Å². The first kappa shape index (κ1) is 19.2. The second kappa shape index (κ2) is 7.61. The van der Waals surface area contributed by atoms with Gasteiger partial charge in [0, 0.05) is 32.7 Å². The van der Waals surface area contributed by atoms with Gasteiger partial charge in [-0.05, 0) is 20.8 Å². The fourth-order valence-corrected chi connectivity index (χ4v) is 2.16. The van der Waals surface area contributed by atoms with Crippen molar-refractivity contribution in [3.63, 3.8) is 0 Å². The highest BCUT2D eigenvalue weighted by Gasteiger charge is 2.34. The summed E-state index contributed by atoms with van der Waals surface area (Å²) in [5, 5.41) is 9.90. The summed E-state index contributed by atoms with van der Waals surface area (Å²) in [4.78, 5) is 14.6. The molecule has 1 unspecified atom stereocenters. The minimum absolute atomic E-state index is 0.205. The van der Waals surface area contributed by atoms with E-state index >= 15 is 0 Å². The molecule has 0 saturated carbocycles. The Labute approximate surface area is 129 Å². The Morgan fingerprint density at radius 2 is 1.73 bits per heavy atom. The average molecular weight is 326 g/mol. The van der Waals surface area contributed by atoms with Gasteiger partial charge in [-0.25, -0.2) is 0 Å². The first-order valence-electron chi connectivity index (χ1n) is 7.35. The van der Waals surface area contributed by atoms with E-state index < -0.39 is 24.6 Å². The van der Waals surface area contributed by atoms with Gasteiger partial charge in [0.05, 0.1) is 18.3 Å². The molecule has 0 aromatic carbocycles. The van der Waals surface area contributed by atoms with Crippen molar-refractivity contribution in [2.24, 2.45) is 0 Å².